The maximum absolute atomic E-state index is 4.29. The second-order valence-corrected chi connectivity index (χ2v) is 12.4. The zero-order chi connectivity index (χ0) is 15.1. The van der Waals surface area contributed by atoms with Gasteiger partial charge in [-0.15, -0.1) is 0 Å². The summed E-state index contributed by atoms with van der Waals surface area (Å²) < 4.78 is 0. The Labute approximate surface area is 123 Å². The minimum atomic E-state index is -1.16. The van der Waals surface area contributed by atoms with E-state index in [2.05, 4.69) is 59.7 Å². The van der Waals surface area contributed by atoms with Gasteiger partial charge in [0.1, 0.15) is 0 Å². The van der Waals surface area contributed by atoms with Gasteiger partial charge in [-0.25, -0.2) is 0 Å². The van der Waals surface area contributed by atoms with Gasteiger partial charge in [0.15, 0.2) is 0 Å². The third-order valence-corrected chi connectivity index (χ3v) is 11.9. The van der Waals surface area contributed by atoms with E-state index in [0.717, 1.165) is 23.3 Å². The van der Waals surface area contributed by atoms with Crippen LogP contribution in [0.25, 0.3) is 0 Å². The van der Waals surface area contributed by atoms with Gasteiger partial charge in [0.05, 0.1) is 8.07 Å². The predicted octanol–water partition coefficient (Wildman–Crippen LogP) is 5.88. The summed E-state index contributed by atoms with van der Waals surface area (Å²) in [5.41, 5.74) is 0.899. The summed E-state index contributed by atoms with van der Waals surface area (Å²) >= 11 is 0. The summed E-state index contributed by atoms with van der Waals surface area (Å²) in [6.07, 6.45) is 3.39. The maximum Gasteiger partial charge on any atom is 0.0565 e. The number of rotatable bonds is 9. The van der Waals surface area contributed by atoms with Crippen LogP contribution in [0.5, 0.6) is 0 Å². The molecule has 0 spiro atoms. The minimum absolute atomic E-state index is 0.784. The van der Waals surface area contributed by atoms with Crippen LogP contribution in [0.1, 0.15) is 54.9 Å². The molecule has 0 saturated carbocycles. The molecule has 2 heteroatoms. The van der Waals surface area contributed by atoms with E-state index in [1.807, 2.05) is 7.05 Å². The molecular formula is C17H37NSi. The zero-order valence-electron chi connectivity index (χ0n) is 14.7. The SMILES string of the molecule is CC[Si](CC)(CC)C(CC=NC)C(C(C)C)C(C)C. The topological polar surface area (TPSA) is 12.4 Å². The van der Waals surface area contributed by atoms with Gasteiger partial charge in [-0.2, -0.15) is 0 Å². The van der Waals surface area contributed by atoms with Crippen molar-refractivity contribution < 1.29 is 0 Å². The molecule has 1 atom stereocenters. The fourth-order valence-corrected chi connectivity index (χ4v) is 9.53. The largest absolute Gasteiger partial charge is 0.301 e. The van der Waals surface area contributed by atoms with Crippen LogP contribution in [-0.2, 0) is 0 Å². The molecule has 114 valence electrons. The second-order valence-electron chi connectivity index (χ2n) is 6.77. The Bertz CT molecular complexity index is 238. The van der Waals surface area contributed by atoms with Crippen molar-refractivity contribution in [3.63, 3.8) is 0 Å². The molecule has 0 N–H and O–H groups in total. The van der Waals surface area contributed by atoms with Crippen molar-refractivity contribution in [2.24, 2.45) is 22.7 Å². The van der Waals surface area contributed by atoms with Gasteiger partial charge < -0.3 is 4.99 Å². The average molecular weight is 284 g/mol. The summed E-state index contributed by atoms with van der Waals surface area (Å²) in [7, 11) is 0.757. The fraction of sp³-hybridized carbons (Fsp3) is 0.941. The first kappa shape index (κ1) is 18.9. The Morgan fingerprint density at radius 3 is 1.58 bits per heavy atom. The lowest BCUT2D eigenvalue weighted by atomic mass is 9.81. The highest BCUT2D eigenvalue weighted by Crippen LogP contribution is 2.46. The number of hydrogen-bond acceptors (Lipinski definition) is 1. The second kappa shape index (κ2) is 8.94. The van der Waals surface area contributed by atoms with E-state index in [4.69, 9.17) is 0 Å². The van der Waals surface area contributed by atoms with E-state index >= 15 is 0 Å². The van der Waals surface area contributed by atoms with Gasteiger partial charge in [-0.1, -0.05) is 66.6 Å². The van der Waals surface area contributed by atoms with Crippen molar-refractivity contribution in [3.8, 4) is 0 Å². The van der Waals surface area contributed by atoms with E-state index in [9.17, 15) is 0 Å². The molecule has 0 saturated heterocycles. The minimum Gasteiger partial charge on any atom is -0.301 e. The first-order valence-corrected chi connectivity index (χ1v) is 11.0. The molecule has 0 bridgehead atoms. The first-order valence-electron chi connectivity index (χ1n) is 8.30. The molecule has 0 aliphatic heterocycles. The summed E-state index contributed by atoms with van der Waals surface area (Å²) in [6, 6.07) is 4.29. The van der Waals surface area contributed by atoms with Crippen molar-refractivity contribution in [1.82, 2.24) is 0 Å². The standard InChI is InChI=1S/C17H37NSi/c1-9-19(10-2,11-3)16(12-13-18-8)17(14(4)5)15(6)7/h13-17H,9-12H2,1-8H3. The molecule has 0 aromatic carbocycles. The van der Waals surface area contributed by atoms with Gasteiger partial charge >= 0.3 is 0 Å². The molecule has 0 rings (SSSR count). The molecule has 19 heavy (non-hydrogen) atoms. The highest BCUT2D eigenvalue weighted by Gasteiger charge is 2.42. The van der Waals surface area contributed by atoms with Crippen molar-refractivity contribution in [1.29, 1.82) is 0 Å². The third-order valence-electron chi connectivity index (χ3n) is 5.45. The molecule has 0 aliphatic carbocycles. The van der Waals surface area contributed by atoms with Crippen LogP contribution in [0.4, 0.5) is 0 Å². The maximum atomic E-state index is 4.29. The van der Waals surface area contributed by atoms with Crippen molar-refractivity contribution in [3.05, 3.63) is 0 Å². The van der Waals surface area contributed by atoms with Gasteiger partial charge in [0, 0.05) is 7.05 Å². The Morgan fingerprint density at radius 1 is 0.895 bits per heavy atom. The summed E-state index contributed by atoms with van der Waals surface area (Å²) in [5.74, 6) is 2.42. The molecule has 0 aromatic heterocycles. The highest BCUT2D eigenvalue weighted by molar-refractivity contribution is 6.81. The molecule has 0 aromatic rings. The van der Waals surface area contributed by atoms with Gasteiger partial charge in [0.2, 0.25) is 0 Å². The molecule has 0 radical (unpaired) electrons. The van der Waals surface area contributed by atoms with Crippen molar-refractivity contribution in [2.45, 2.75) is 78.6 Å². The molecule has 0 heterocycles. The Kier molecular flexibility index (Phi) is 8.89. The van der Waals surface area contributed by atoms with Crippen molar-refractivity contribution >= 4 is 14.3 Å². The monoisotopic (exact) mass is 283 g/mol. The molecule has 0 fully saturated rings. The number of hydrogen-bond donors (Lipinski definition) is 0. The smallest absolute Gasteiger partial charge is 0.0565 e. The summed E-state index contributed by atoms with van der Waals surface area (Å²) in [4.78, 5) is 4.29. The Morgan fingerprint density at radius 2 is 1.32 bits per heavy atom. The lowest BCUT2D eigenvalue weighted by molar-refractivity contribution is 0.267. The van der Waals surface area contributed by atoms with E-state index in [1.165, 1.54) is 24.6 Å². The van der Waals surface area contributed by atoms with Crippen LogP contribution in [-0.4, -0.2) is 21.3 Å². The van der Waals surface area contributed by atoms with Gasteiger partial charge in [0.25, 0.3) is 0 Å². The van der Waals surface area contributed by atoms with Gasteiger partial charge in [-0.05, 0) is 35.9 Å². The summed E-state index contributed by atoms with van der Waals surface area (Å²) in [6.45, 7) is 17.0. The van der Waals surface area contributed by atoms with Crippen molar-refractivity contribution in [2.75, 3.05) is 7.05 Å². The van der Waals surface area contributed by atoms with Crippen LogP contribution >= 0.6 is 0 Å². The molecular weight excluding hydrogens is 246 g/mol. The molecule has 0 amide bonds. The van der Waals surface area contributed by atoms with E-state index in [1.54, 1.807) is 0 Å². The quantitative estimate of drug-likeness (QED) is 0.370. The highest BCUT2D eigenvalue weighted by atomic mass is 28.3. The molecule has 1 unspecified atom stereocenters. The predicted molar refractivity (Wildman–Crippen MR) is 93.1 cm³/mol. The van der Waals surface area contributed by atoms with Crippen LogP contribution in [0.15, 0.2) is 4.99 Å². The third kappa shape index (κ3) is 4.73. The molecule has 1 nitrogen and oxygen atoms in total. The van der Waals surface area contributed by atoms with Crippen LogP contribution in [0, 0.1) is 17.8 Å². The average Bonchev–Trinajstić information content (AvgIpc) is 2.37. The lowest BCUT2D eigenvalue weighted by Gasteiger charge is -2.45. The molecule has 0 aliphatic rings. The zero-order valence-corrected chi connectivity index (χ0v) is 15.7. The number of nitrogens with zero attached hydrogens (tertiary/aromatic N) is 1. The van der Waals surface area contributed by atoms with Crippen LogP contribution in [0.3, 0.4) is 0 Å². The van der Waals surface area contributed by atoms with Crippen LogP contribution in [0.2, 0.25) is 23.7 Å². The lowest BCUT2D eigenvalue weighted by Crippen LogP contribution is -2.44. The first-order chi connectivity index (χ1) is 8.90. The van der Waals surface area contributed by atoms with E-state index < -0.39 is 8.07 Å². The fourth-order valence-electron chi connectivity index (χ4n) is 4.27. The Balaban J connectivity index is 5.48. The number of aliphatic imine (C=N–C) groups is 1. The van der Waals surface area contributed by atoms with Crippen LogP contribution < -0.4 is 0 Å². The normalized spacial score (nSPS) is 15.1. The Hall–Kier alpha value is -0.113. The summed E-state index contributed by atoms with van der Waals surface area (Å²) in [5, 5.41) is 0. The van der Waals surface area contributed by atoms with E-state index in [0.29, 0.717) is 0 Å². The van der Waals surface area contributed by atoms with E-state index in [-0.39, 0.29) is 0 Å². The van der Waals surface area contributed by atoms with Gasteiger partial charge in [-0.3, -0.25) is 0 Å².